The third kappa shape index (κ3) is 4.35. The van der Waals surface area contributed by atoms with E-state index in [0.29, 0.717) is 12.3 Å². The maximum absolute atomic E-state index is 12.5. The van der Waals surface area contributed by atoms with Gasteiger partial charge in [-0.2, -0.15) is 0 Å². The molecule has 1 saturated carbocycles. The van der Waals surface area contributed by atoms with Gasteiger partial charge in [0.1, 0.15) is 0 Å². The summed E-state index contributed by atoms with van der Waals surface area (Å²) in [6, 6.07) is 9.59. The fourth-order valence-corrected chi connectivity index (χ4v) is 3.49. The molecule has 1 aliphatic rings. The molecule has 2 rings (SSSR count). The summed E-state index contributed by atoms with van der Waals surface area (Å²) in [7, 11) is 0. The average Bonchev–Trinajstić information content (AvgIpc) is 2.62. The van der Waals surface area contributed by atoms with Crippen molar-refractivity contribution in [3.05, 3.63) is 30.3 Å². The lowest BCUT2D eigenvalue weighted by Crippen LogP contribution is -2.51. The highest BCUT2D eigenvalue weighted by atomic mass is 35.5. The number of hydrogen-bond acceptors (Lipinski definition) is 2. The van der Waals surface area contributed by atoms with Crippen molar-refractivity contribution in [2.45, 2.75) is 49.6 Å². The largest absolute Gasteiger partial charge is 0.326 e. The van der Waals surface area contributed by atoms with Crippen LogP contribution in [0.3, 0.4) is 0 Å². The van der Waals surface area contributed by atoms with E-state index >= 15 is 0 Å². The van der Waals surface area contributed by atoms with Crippen molar-refractivity contribution in [3.63, 3.8) is 0 Å². The molecule has 0 aliphatic heterocycles. The lowest BCUT2D eigenvalue weighted by molar-refractivity contribution is -0.118. The Morgan fingerprint density at radius 3 is 2.67 bits per heavy atom. The van der Waals surface area contributed by atoms with Gasteiger partial charge in [0.25, 0.3) is 0 Å². The second-order valence-corrected chi connectivity index (χ2v) is 6.53. The monoisotopic (exact) mass is 328 g/mol. The molecule has 0 bridgehead atoms. The summed E-state index contributed by atoms with van der Waals surface area (Å²) in [6.07, 6.45) is 3.89. The van der Waals surface area contributed by atoms with Crippen molar-refractivity contribution in [1.29, 1.82) is 0 Å². The van der Waals surface area contributed by atoms with E-state index in [-0.39, 0.29) is 23.4 Å². The average molecular weight is 329 g/mol. The Balaban J connectivity index is 2.28. The number of anilines is 1. The van der Waals surface area contributed by atoms with Crippen LogP contribution in [0, 0.1) is 0 Å². The first kappa shape index (κ1) is 16.6. The van der Waals surface area contributed by atoms with Crippen molar-refractivity contribution in [3.8, 4) is 0 Å². The number of para-hydroxylation sites is 1. The number of halogens is 2. The Morgan fingerprint density at radius 2 is 2.00 bits per heavy atom. The Kier molecular flexibility index (Phi) is 6.34. The normalized spacial score (nSPS) is 26.1. The van der Waals surface area contributed by atoms with E-state index in [1.165, 1.54) is 0 Å². The second-order valence-electron chi connectivity index (χ2n) is 5.53. The molecule has 1 aromatic carbocycles. The molecular weight excluding hydrogens is 307 g/mol. The number of carbonyl (C=O) groups is 1. The van der Waals surface area contributed by atoms with E-state index in [1.54, 1.807) is 0 Å². The van der Waals surface area contributed by atoms with Crippen LogP contribution in [0.1, 0.15) is 32.1 Å². The molecule has 3 atom stereocenters. The molecule has 0 heterocycles. The maximum Gasteiger partial charge on any atom is 0.228 e. The minimum atomic E-state index is -0.102. The third-order valence-electron chi connectivity index (χ3n) is 3.98. The Morgan fingerprint density at radius 1 is 1.29 bits per heavy atom. The van der Waals surface area contributed by atoms with E-state index in [1.807, 2.05) is 35.2 Å². The molecule has 21 heavy (non-hydrogen) atoms. The van der Waals surface area contributed by atoms with Crippen molar-refractivity contribution >= 4 is 34.8 Å². The molecule has 1 aliphatic carbocycles. The molecule has 0 saturated heterocycles. The molecule has 0 aromatic heterocycles. The fourth-order valence-electron chi connectivity index (χ4n) is 2.96. The zero-order chi connectivity index (χ0) is 15.2. The number of alkyl halides is 2. The summed E-state index contributed by atoms with van der Waals surface area (Å²) < 4.78 is 0. The minimum Gasteiger partial charge on any atom is -0.326 e. The van der Waals surface area contributed by atoms with Crippen LogP contribution in [0.4, 0.5) is 5.69 Å². The number of rotatable bonds is 4. The molecule has 1 amide bonds. The van der Waals surface area contributed by atoms with Crippen LogP contribution >= 0.6 is 23.2 Å². The summed E-state index contributed by atoms with van der Waals surface area (Å²) in [5, 5.41) is 0.103. The SMILES string of the molecule is NC1CC(Cl)CCCC1N(C(=O)CCCl)c1ccccc1. The van der Waals surface area contributed by atoms with Crippen LogP contribution in [-0.4, -0.2) is 29.2 Å². The van der Waals surface area contributed by atoms with Gasteiger partial charge in [0, 0.05) is 29.4 Å². The number of hydrogen-bond donors (Lipinski definition) is 1. The topological polar surface area (TPSA) is 46.3 Å². The predicted molar refractivity (Wildman–Crippen MR) is 89.1 cm³/mol. The molecule has 3 nitrogen and oxygen atoms in total. The van der Waals surface area contributed by atoms with Gasteiger partial charge in [0.2, 0.25) is 5.91 Å². The highest BCUT2D eigenvalue weighted by Gasteiger charge is 2.32. The van der Waals surface area contributed by atoms with Crippen molar-refractivity contribution in [2.75, 3.05) is 10.8 Å². The van der Waals surface area contributed by atoms with Crippen LogP contribution in [0.5, 0.6) is 0 Å². The van der Waals surface area contributed by atoms with Crippen LogP contribution in [0.25, 0.3) is 0 Å². The number of amides is 1. The molecule has 3 unspecified atom stereocenters. The fraction of sp³-hybridized carbons (Fsp3) is 0.562. The molecule has 1 aromatic rings. The number of nitrogens with two attached hydrogens (primary N) is 1. The summed E-state index contributed by atoms with van der Waals surface area (Å²) in [5.41, 5.74) is 7.22. The van der Waals surface area contributed by atoms with Gasteiger partial charge in [-0.25, -0.2) is 0 Å². The zero-order valence-electron chi connectivity index (χ0n) is 12.1. The lowest BCUT2D eigenvalue weighted by Gasteiger charge is -2.35. The molecule has 0 radical (unpaired) electrons. The van der Waals surface area contributed by atoms with Gasteiger partial charge in [-0.1, -0.05) is 18.2 Å². The van der Waals surface area contributed by atoms with Crippen LogP contribution in [-0.2, 0) is 4.79 Å². The van der Waals surface area contributed by atoms with Gasteiger partial charge >= 0.3 is 0 Å². The molecule has 1 fully saturated rings. The van der Waals surface area contributed by atoms with Crippen molar-refractivity contribution < 1.29 is 4.79 Å². The third-order valence-corrected chi connectivity index (χ3v) is 4.57. The zero-order valence-corrected chi connectivity index (χ0v) is 13.6. The summed E-state index contributed by atoms with van der Waals surface area (Å²) in [5.74, 6) is 0.354. The highest BCUT2D eigenvalue weighted by molar-refractivity contribution is 6.20. The first-order chi connectivity index (χ1) is 10.1. The summed E-state index contributed by atoms with van der Waals surface area (Å²) in [4.78, 5) is 14.4. The van der Waals surface area contributed by atoms with E-state index in [2.05, 4.69) is 0 Å². The number of nitrogens with zero attached hydrogens (tertiary/aromatic N) is 1. The number of carbonyl (C=O) groups excluding carboxylic acids is 1. The van der Waals surface area contributed by atoms with Crippen molar-refractivity contribution in [2.24, 2.45) is 5.73 Å². The lowest BCUT2D eigenvalue weighted by atomic mass is 10.0. The first-order valence-corrected chi connectivity index (χ1v) is 8.43. The highest BCUT2D eigenvalue weighted by Crippen LogP contribution is 2.29. The van der Waals surface area contributed by atoms with E-state index < -0.39 is 0 Å². The van der Waals surface area contributed by atoms with Crippen LogP contribution in [0.15, 0.2) is 30.3 Å². The molecule has 0 spiro atoms. The van der Waals surface area contributed by atoms with Gasteiger partial charge in [-0.3, -0.25) is 4.79 Å². The number of benzene rings is 1. The molecular formula is C16H22Cl2N2O. The maximum atomic E-state index is 12.5. The molecule has 2 N–H and O–H groups in total. The molecule has 5 heteroatoms. The van der Waals surface area contributed by atoms with Gasteiger partial charge in [-0.05, 0) is 37.8 Å². The van der Waals surface area contributed by atoms with Gasteiger partial charge in [0.15, 0.2) is 0 Å². The quantitative estimate of drug-likeness (QED) is 0.678. The minimum absolute atomic E-state index is 0.00753. The first-order valence-electron chi connectivity index (χ1n) is 7.46. The standard InChI is InChI=1S/C16H22Cl2N2O/c17-10-9-16(21)20(13-6-2-1-3-7-13)15-8-4-5-12(18)11-14(15)19/h1-3,6-7,12,14-15H,4-5,8-11,19H2. The van der Waals surface area contributed by atoms with E-state index in [0.717, 1.165) is 31.4 Å². The van der Waals surface area contributed by atoms with Gasteiger partial charge < -0.3 is 10.6 Å². The molecule has 116 valence electrons. The van der Waals surface area contributed by atoms with Crippen LogP contribution < -0.4 is 10.6 Å². The Bertz CT molecular complexity index is 455. The predicted octanol–water partition coefficient (Wildman–Crippen LogP) is 3.53. The van der Waals surface area contributed by atoms with Gasteiger partial charge in [-0.15, -0.1) is 23.2 Å². The Hall–Kier alpha value is -0.770. The summed E-state index contributed by atoms with van der Waals surface area (Å²) in [6.45, 7) is 0. The van der Waals surface area contributed by atoms with E-state index in [4.69, 9.17) is 28.9 Å². The smallest absolute Gasteiger partial charge is 0.228 e. The Labute approximate surface area is 136 Å². The van der Waals surface area contributed by atoms with Crippen molar-refractivity contribution in [1.82, 2.24) is 0 Å². The van der Waals surface area contributed by atoms with Gasteiger partial charge in [0.05, 0.1) is 6.04 Å². The summed E-state index contributed by atoms with van der Waals surface area (Å²) >= 11 is 12.0. The van der Waals surface area contributed by atoms with E-state index in [9.17, 15) is 4.79 Å². The van der Waals surface area contributed by atoms with Crippen LogP contribution in [0.2, 0.25) is 0 Å². The second kappa shape index (κ2) is 8.02.